The first-order chi connectivity index (χ1) is 18.5. The first kappa shape index (κ1) is 27.2. The van der Waals surface area contributed by atoms with Crippen LogP contribution < -0.4 is 10.3 Å². The highest BCUT2D eigenvalue weighted by atomic mass is 16.5. The molecule has 1 saturated carbocycles. The molecule has 0 saturated heterocycles. The van der Waals surface area contributed by atoms with Gasteiger partial charge in [-0.25, -0.2) is 4.79 Å². The molecule has 6 nitrogen and oxygen atoms in total. The number of benzene rings is 2. The van der Waals surface area contributed by atoms with Gasteiger partial charge >= 0.3 is 5.97 Å². The highest BCUT2D eigenvalue weighted by molar-refractivity contribution is 5.91. The van der Waals surface area contributed by atoms with E-state index in [1.54, 1.807) is 6.07 Å². The van der Waals surface area contributed by atoms with E-state index in [-0.39, 0.29) is 5.56 Å². The zero-order valence-corrected chi connectivity index (χ0v) is 23.7. The predicted molar refractivity (Wildman–Crippen MR) is 153 cm³/mol. The Morgan fingerprint density at radius 1 is 1.08 bits per heavy atom. The van der Waals surface area contributed by atoms with E-state index in [2.05, 4.69) is 6.92 Å². The Morgan fingerprint density at radius 3 is 2.49 bits per heavy atom. The minimum Gasteiger partial charge on any atom is -0.493 e. The van der Waals surface area contributed by atoms with E-state index in [4.69, 9.17) is 9.47 Å². The Bertz CT molecular complexity index is 1460. The molecule has 1 fully saturated rings. The summed E-state index contributed by atoms with van der Waals surface area (Å²) in [6.45, 7) is 11.1. The lowest BCUT2D eigenvalue weighted by atomic mass is 9.82. The second-order valence-corrected chi connectivity index (χ2v) is 12.0. The molecule has 0 bridgehead atoms. The van der Waals surface area contributed by atoms with Crippen LogP contribution in [-0.2, 0) is 22.5 Å². The van der Waals surface area contributed by atoms with Crippen molar-refractivity contribution in [1.82, 2.24) is 4.57 Å². The summed E-state index contributed by atoms with van der Waals surface area (Å²) in [4.78, 5) is 25.5. The summed E-state index contributed by atoms with van der Waals surface area (Å²) in [5, 5.41) is 10.4. The van der Waals surface area contributed by atoms with Crippen molar-refractivity contribution >= 4 is 5.97 Å². The number of hydrogen-bond acceptors (Lipinski definition) is 4. The zero-order chi connectivity index (χ0) is 27.9. The van der Waals surface area contributed by atoms with Gasteiger partial charge in [-0.3, -0.25) is 4.79 Å². The van der Waals surface area contributed by atoms with Crippen LogP contribution in [0.15, 0.2) is 47.4 Å². The number of fused-ring (bicyclic) bond motifs is 1. The van der Waals surface area contributed by atoms with Crippen LogP contribution in [0.1, 0.15) is 74.8 Å². The van der Waals surface area contributed by atoms with Crippen molar-refractivity contribution < 1.29 is 19.4 Å². The molecule has 1 aromatic heterocycles. The lowest BCUT2D eigenvalue weighted by Gasteiger charge is -2.30. The van der Waals surface area contributed by atoms with Crippen LogP contribution >= 0.6 is 0 Å². The van der Waals surface area contributed by atoms with E-state index in [0.717, 1.165) is 70.4 Å². The van der Waals surface area contributed by atoms with Crippen molar-refractivity contribution in [2.45, 2.75) is 85.0 Å². The third-order valence-corrected chi connectivity index (χ3v) is 8.05. The van der Waals surface area contributed by atoms with Crippen molar-refractivity contribution in [1.29, 1.82) is 0 Å². The number of pyridine rings is 1. The quantitative estimate of drug-likeness (QED) is 0.362. The number of carboxylic acids is 1. The van der Waals surface area contributed by atoms with Crippen LogP contribution in [0, 0.1) is 19.8 Å². The van der Waals surface area contributed by atoms with Gasteiger partial charge in [-0.15, -0.1) is 0 Å². The number of aryl methyl sites for hydroxylation is 1. The molecular formula is C33H39NO5. The monoisotopic (exact) mass is 529 g/mol. The second-order valence-electron chi connectivity index (χ2n) is 12.0. The van der Waals surface area contributed by atoms with Gasteiger partial charge in [0.1, 0.15) is 5.75 Å². The van der Waals surface area contributed by atoms with E-state index < -0.39 is 17.7 Å². The van der Waals surface area contributed by atoms with Crippen molar-refractivity contribution in [3.8, 4) is 28.0 Å². The maximum Gasteiger partial charge on any atom is 0.337 e. The van der Waals surface area contributed by atoms with Gasteiger partial charge in [-0.05, 0) is 117 Å². The Labute approximate surface area is 230 Å². The molecule has 0 amide bonds. The molecule has 6 heteroatoms. The molecule has 3 aromatic rings. The summed E-state index contributed by atoms with van der Waals surface area (Å²) >= 11 is 0. The molecule has 1 aliphatic carbocycles. The van der Waals surface area contributed by atoms with Crippen LogP contribution in [0.25, 0.3) is 22.3 Å². The SMILES string of the molecule is Cc1ccc(-c2ccc(=O)n(CC3CCC3)c2)c(-c2ccc3c(c2C)CCCO3)c1C(OC(C)(C)C)C(=O)O. The van der Waals surface area contributed by atoms with E-state index >= 15 is 0 Å². The van der Waals surface area contributed by atoms with E-state index in [0.29, 0.717) is 24.6 Å². The van der Waals surface area contributed by atoms with Gasteiger partial charge in [0.25, 0.3) is 5.56 Å². The standard InChI is InChI=1S/C33H39NO5/c1-20-11-13-26(23-12-16-28(35)34(19-23)18-22-8-6-9-22)30(29(20)31(32(36)37)39-33(3,4)5)25-14-15-27-24(21(25)2)10-7-17-38-27/h11-16,19,22,31H,6-10,17-18H2,1-5H3,(H,36,37). The minimum absolute atomic E-state index is 0.0128. The van der Waals surface area contributed by atoms with Crippen molar-refractivity contribution in [2.24, 2.45) is 5.92 Å². The van der Waals surface area contributed by atoms with Crippen LogP contribution in [0.2, 0.25) is 0 Å². The number of rotatable bonds is 7. The molecule has 1 aliphatic heterocycles. The number of hydrogen-bond donors (Lipinski definition) is 1. The summed E-state index contributed by atoms with van der Waals surface area (Å²) in [6, 6.07) is 11.5. The highest BCUT2D eigenvalue weighted by Crippen LogP contribution is 2.45. The highest BCUT2D eigenvalue weighted by Gasteiger charge is 2.33. The van der Waals surface area contributed by atoms with Crippen LogP contribution in [0.4, 0.5) is 0 Å². The van der Waals surface area contributed by atoms with Crippen LogP contribution in [0.5, 0.6) is 5.75 Å². The van der Waals surface area contributed by atoms with Gasteiger partial charge in [0.05, 0.1) is 12.2 Å². The van der Waals surface area contributed by atoms with Crippen molar-refractivity contribution in [2.75, 3.05) is 6.61 Å². The molecule has 2 aliphatic rings. The first-order valence-corrected chi connectivity index (χ1v) is 14.0. The molecule has 1 N–H and O–H groups in total. The Morgan fingerprint density at radius 2 is 1.82 bits per heavy atom. The summed E-state index contributed by atoms with van der Waals surface area (Å²) in [6.07, 6.45) is 6.16. The lowest BCUT2D eigenvalue weighted by molar-refractivity contribution is -0.160. The lowest BCUT2D eigenvalue weighted by Crippen LogP contribution is -2.28. The number of ether oxygens (including phenoxy) is 2. The Hall–Kier alpha value is -3.38. The number of aliphatic carboxylic acids is 1. The number of nitrogens with zero attached hydrogens (tertiary/aromatic N) is 1. The summed E-state index contributed by atoms with van der Waals surface area (Å²) in [7, 11) is 0. The van der Waals surface area contributed by atoms with Gasteiger partial charge < -0.3 is 19.1 Å². The van der Waals surface area contributed by atoms with E-state index in [1.807, 2.05) is 68.8 Å². The zero-order valence-electron chi connectivity index (χ0n) is 23.7. The molecule has 2 heterocycles. The second kappa shape index (κ2) is 10.6. The van der Waals surface area contributed by atoms with E-state index in [1.165, 1.54) is 6.42 Å². The fourth-order valence-electron chi connectivity index (χ4n) is 5.85. The fourth-order valence-corrected chi connectivity index (χ4v) is 5.85. The molecule has 2 aromatic carbocycles. The van der Waals surface area contributed by atoms with Crippen LogP contribution in [0.3, 0.4) is 0 Å². The Balaban J connectivity index is 1.77. The largest absolute Gasteiger partial charge is 0.493 e. The van der Waals surface area contributed by atoms with Gasteiger partial charge in [0.2, 0.25) is 0 Å². The minimum atomic E-state index is -1.16. The normalized spacial score (nSPS) is 16.2. The smallest absolute Gasteiger partial charge is 0.337 e. The molecule has 39 heavy (non-hydrogen) atoms. The Kier molecular flexibility index (Phi) is 7.43. The molecule has 0 spiro atoms. The molecule has 0 radical (unpaired) electrons. The third kappa shape index (κ3) is 5.53. The average molecular weight is 530 g/mol. The van der Waals surface area contributed by atoms with Crippen LogP contribution in [-0.4, -0.2) is 27.9 Å². The molecular weight excluding hydrogens is 490 g/mol. The van der Waals surface area contributed by atoms with E-state index in [9.17, 15) is 14.7 Å². The average Bonchev–Trinajstić information content (AvgIpc) is 2.86. The molecule has 206 valence electrons. The molecule has 5 rings (SSSR count). The summed E-state index contributed by atoms with van der Waals surface area (Å²) < 4.78 is 14.0. The number of aromatic nitrogens is 1. The van der Waals surface area contributed by atoms with Gasteiger partial charge in [-0.1, -0.05) is 24.6 Å². The van der Waals surface area contributed by atoms with Gasteiger partial charge in [0.15, 0.2) is 6.10 Å². The first-order valence-electron chi connectivity index (χ1n) is 14.0. The van der Waals surface area contributed by atoms with Gasteiger partial charge in [-0.2, -0.15) is 0 Å². The molecule has 1 atom stereocenters. The van der Waals surface area contributed by atoms with Crippen molar-refractivity contribution in [3.05, 3.63) is 75.2 Å². The number of carbonyl (C=O) groups is 1. The topological polar surface area (TPSA) is 77.8 Å². The van der Waals surface area contributed by atoms with Gasteiger partial charge in [0, 0.05) is 24.4 Å². The summed E-state index contributed by atoms with van der Waals surface area (Å²) in [5.74, 6) is 0.402. The number of carboxylic acid groups (broad SMARTS) is 1. The maximum atomic E-state index is 12.8. The fraction of sp³-hybridized carbons (Fsp3) is 0.455. The molecule has 1 unspecified atom stereocenters. The third-order valence-electron chi connectivity index (χ3n) is 8.05. The van der Waals surface area contributed by atoms with Crippen molar-refractivity contribution in [3.63, 3.8) is 0 Å². The summed E-state index contributed by atoms with van der Waals surface area (Å²) in [5.41, 5.74) is 6.64. The predicted octanol–water partition coefficient (Wildman–Crippen LogP) is 6.87. The maximum absolute atomic E-state index is 12.8.